The summed E-state index contributed by atoms with van der Waals surface area (Å²) in [7, 11) is 0.657. The predicted octanol–water partition coefficient (Wildman–Crippen LogP) is 6.73. The van der Waals surface area contributed by atoms with E-state index in [-0.39, 0.29) is 11.3 Å². The normalized spacial score (nSPS) is 13.8. The van der Waals surface area contributed by atoms with Gasteiger partial charge in [-0.05, 0) is 59.2 Å². The maximum absolute atomic E-state index is 10.6. The molecule has 180 valence electrons. The zero-order valence-corrected chi connectivity index (χ0v) is 23.1. The average Bonchev–Trinajstić information content (AvgIpc) is 2.92. The molecule has 2 unspecified atom stereocenters. The van der Waals surface area contributed by atoms with E-state index in [2.05, 4.69) is 105 Å². The van der Waals surface area contributed by atoms with Crippen LogP contribution in [0.1, 0.15) is 60.4 Å². The molecule has 0 aliphatic carbocycles. The molecule has 0 fully saturated rings. The maximum Gasteiger partial charge on any atom is 0.204 e. The molecule has 0 bridgehead atoms. The fourth-order valence-electron chi connectivity index (χ4n) is 5.26. The number of rotatable bonds is 10. The van der Waals surface area contributed by atoms with E-state index >= 15 is 0 Å². The third-order valence-corrected chi connectivity index (χ3v) is 7.81. The third-order valence-electron chi connectivity index (χ3n) is 7.37. The van der Waals surface area contributed by atoms with Gasteiger partial charge in [-0.15, -0.1) is 0 Å². The average molecular weight is 481 g/mol. The van der Waals surface area contributed by atoms with Crippen LogP contribution in [0.3, 0.4) is 0 Å². The zero-order chi connectivity index (χ0) is 24.7. The van der Waals surface area contributed by atoms with Crippen molar-refractivity contribution in [3.63, 3.8) is 0 Å². The number of aromatic hydroxyl groups is 1. The molecule has 0 heterocycles. The minimum Gasteiger partial charge on any atom is -0.553 e. The van der Waals surface area contributed by atoms with Crippen molar-refractivity contribution in [1.29, 1.82) is 0 Å². The molecule has 0 spiro atoms. The molecule has 2 atom stereocenters. The second-order valence-corrected chi connectivity index (χ2v) is 9.90. The number of benzene rings is 4. The Morgan fingerprint density at radius 1 is 0.800 bits per heavy atom. The van der Waals surface area contributed by atoms with Crippen molar-refractivity contribution >= 4 is 10.5 Å². The number of para-hydroxylation sites is 1. The minimum absolute atomic E-state index is 0.160. The van der Waals surface area contributed by atoms with Gasteiger partial charge in [0.25, 0.3) is 0 Å². The lowest BCUT2D eigenvalue weighted by molar-refractivity contribution is 0.433. The lowest BCUT2D eigenvalue weighted by Crippen LogP contribution is -2.33. The van der Waals surface area contributed by atoms with E-state index in [1.165, 1.54) is 22.3 Å². The van der Waals surface area contributed by atoms with Crippen LogP contribution < -0.4 is 4.43 Å². The Kier molecular flexibility index (Phi) is 8.09. The molecular formula is C32H36O2Si. The number of hydrogen-bond donors (Lipinski definition) is 1. The van der Waals surface area contributed by atoms with Crippen LogP contribution in [0.5, 0.6) is 11.5 Å². The number of aryl methyl sites for hydroxylation is 1. The summed E-state index contributed by atoms with van der Waals surface area (Å²) in [5.74, 6) is 1.53. The summed E-state index contributed by atoms with van der Waals surface area (Å²) >= 11 is 0. The predicted molar refractivity (Wildman–Crippen MR) is 150 cm³/mol. The Morgan fingerprint density at radius 2 is 1.46 bits per heavy atom. The highest BCUT2D eigenvalue weighted by atomic mass is 28.2. The van der Waals surface area contributed by atoms with Crippen LogP contribution in [0.15, 0.2) is 103 Å². The van der Waals surface area contributed by atoms with Crippen LogP contribution in [0.4, 0.5) is 0 Å². The van der Waals surface area contributed by atoms with Crippen molar-refractivity contribution in [3.8, 4) is 11.5 Å². The first kappa shape index (κ1) is 24.8. The van der Waals surface area contributed by atoms with Crippen molar-refractivity contribution < 1.29 is 9.53 Å². The maximum atomic E-state index is 10.6. The van der Waals surface area contributed by atoms with Crippen LogP contribution in [0, 0.1) is 0 Å². The molecule has 0 aliphatic rings. The molecule has 4 rings (SSSR count). The lowest BCUT2D eigenvalue weighted by Gasteiger charge is -2.40. The summed E-state index contributed by atoms with van der Waals surface area (Å²) in [5, 5.41) is 10.6. The van der Waals surface area contributed by atoms with Gasteiger partial charge in [-0.3, -0.25) is 0 Å². The fourth-order valence-corrected chi connectivity index (χ4v) is 5.66. The molecule has 1 N–H and O–H groups in total. The topological polar surface area (TPSA) is 29.5 Å². The van der Waals surface area contributed by atoms with Gasteiger partial charge in [0.2, 0.25) is 10.5 Å². The van der Waals surface area contributed by atoms with Crippen molar-refractivity contribution in [3.05, 3.63) is 131 Å². The van der Waals surface area contributed by atoms with Gasteiger partial charge in [0.1, 0.15) is 11.5 Å². The summed E-state index contributed by atoms with van der Waals surface area (Å²) in [6.45, 7) is 4.55. The summed E-state index contributed by atoms with van der Waals surface area (Å²) < 4.78 is 5.89. The standard InChI is InChI=1S/C32H36O2Si/c1-3-4-13-25-22-28(20-21-30(25)33)32(2,27-17-9-6-10-18-27)29(24-14-7-5-8-15-24)23-26-16-11-12-19-31(26)34-35/h5-12,14-22,29,33H,3-4,13,23H2,1-2,35H3. The van der Waals surface area contributed by atoms with Crippen molar-refractivity contribution in [1.82, 2.24) is 0 Å². The molecule has 0 aromatic heterocycles. The summed E-state index contributed by atoms with van der Waals surface area (Å²) in [4.78, 5) is 0. The Labute approximate surface area is 213 Å². The summed E-state index contributed by atoms with van der Waals surface area (Å²) in [6.07, 6.45) is 3.89. The number of phenolic OH excluding ortho intramolecular Hbond substituents is 1. The number of hydrogen-bond acceptors (Lipinski definition) is 2. The van der Waals surface area contributed by atoms with Crippen LogP contribution in [0.25, 0.3) is 0 Å². The van der Waals surface area contributed by atoms with E-state index < -0.39 is 0 Å². The first-order valence-corrected chi connectivity index (χ1v) is 13.4. The first-order valence-electron chi connectivity index (χ1n) is 12.6. The largest absolute Gasteiger partial charge is 0.553 e. The number of unbranched alkanes of at least 4 members (excludes halogenated alkanes) is 1. The van der Waals surface area contributed by atoms with Crippen LogP contribution >= 0.6 is 0 Å². The monoisotopic (exact) mass is 480 g/mol. The quantitative estimate of drug-likeness (QED) is 0.255. The highest BCUT2D eigenvalue weighted by Crippen LogP contribution is 2.47. The molecule has 0 radical (unpaired) electrons. The van der Waals surface area contributed by atoms with Crippen molar-refractivity contribution in [2.75, 3.05) is 0 Å². The Morgan fingerprint density at radius 3 is 2.14 bits per heavy atom. The highest BCUT2D eigenvalue weighted by molar-refractivity contribution is 6.00. The molecule has 4 aromatic rings. The molecule has 4 aromatic carbocycles. The van der Waals surface area contributed by atoms with Gasteiger partial charge < -0.3 is 9.53 Å². The van der Waals surface area contributed by atoms with Gasteiger partial charge in [-0.1, -0.05) is 111 Å². The molecular weight excluding hydrogens is 444 g/mol. The molecule has 0 aliphatic heterocycles. The van der Waals surface area contributed by atoms with E-state index in [0.29, 0.717) is 16.2 Å². The van der Waals surface area contributed by atoms with Gasteiger partial charge in [-0.2, -0.15) is 0 Å². The molecule has 2 nitrogen and oxygen atoms in total. The second kappa shape index (κ2) is 11.4. The van der Waals surface area contributed by atoms with E-state index in [0.717, 1.165) is 37.0 Å². The van der Waals surface area contributed by atoms with E-state index in [1.54, 1.807) is 0 Å². The van der Waals surface area contributed by atoms with Gasteiger partial charge in [-0.25, -0.2) is 0 Å². The summed E-state index contributed by atoms with van der Waals surface area (Å²) in [5.41, 5.74) is 5.72. The Balaban J connectivity index is 1.93. The SMILES string of the molecule is CCCCc1cc(C(C)(c2ccccc2)C(Cc2ccccc2O[SiH3])c2ccccc2)ccc1O. The molecule has 0 amide bonds. The molecule has 35 heavy (non-hydrogen) atoms. The molecule has 0 saturated carbocycles. The van der Waals surface area contributed by atoms with E-state index in [4.69, 9.17) is 4.43 Å². The Bertz CT molecular complexity index is 1220. The van der Waals surface area contributed by atoms with Crippen molar-refractivity contribution in [2.45, 2.75) is 50.9 Å². The van der Waals surface area contributed by atoms with E-state index in [1.807, 2.05) is 12.1 Å². The zero-order valence-electron chi connectivity index (χ0n) is 21.1. The smallest absolute Gasteiger partial charge is 0.204 e. The minimum atomic E-state index is -0.324. The molecule has 3 heteroatoms. The van der Waals surface area contributed by atoms with Crippen LogP contribution in [-0.2, 0) is 18.3 Å². The van der Waals surface area contributed by atoms with Gasteiger partial charge in [0.05, 0.1) is 0 Å². The fraction of sp³-hybridized carbons (Fsp3) is 0.250. The van der Waals surface area contributed by atoms with Crippen molar-refractivity contribution in [2.24, 2.45) is 0 Å². The van der Waals surface area contributed by atoms with E-state index in [9.17, 15) is 5.11 Å². The van der Waals surface area contributed by atoms with Gasteiger partial charge >= 0.3 is 0 Å². The van der Waals surface area contributed by atoms with Gasteiger partial charge in [0.15, 0.2) is 0 Å². The second-order valence-electron chi connectivity index (χ2n) is 9.49. The third kappa shape index (κ3) is 5.36. The van der Waals surface area contributed by atoms with Crippen LogP contribution in [-0.4, -0.2) is 15.6 Å². The molecule has 0 saturated heterocycles. The summed E-state index contributed by atoms with van der Waals surface area (Å²) in [6, 6.07) is 36.3. The highest BCUT2D eigenvalue weighted by Gasteiger charge is 2.39. The van der Waals surface area contributed by atoms with Gasteiger partial charge in [0, 0.05) is 11.3 Å². The first-order chi connectivity index (χ1) is 17.1. The van der Waals surface area contributed by atoms with Crippen LogP contribution in [0.2, 0.25) is 0 Å². The Hall–Kier alpha value is -3.30. The number of phenols is 1. The lowest BCUT2D eigenvalue weighted by atomic mass is 9.63.